The van der Waals surface area contributed by atoms with Crippen molar-refractivity contribution in [2.24, 2.45) is 5.14 Å². The Morgan fingerprint density at radius 3 is 2.43 bits per heavy atom. The summed E-state index contributed by atoms with van der Waals surface area (Å²) in [5.41, 5.74) is -0.472. The van der Waals surface area contributed by atoms with Crippen molar-refractivity contribution in [2.75, 3.05) is 6.54 Å². The van der Waals surface area contributed by atoms with Crippen molar-refractivity contribution in [3.05, 3.63) is 29.3 Å². The number of primary sulfonamides is 1. The van der Waals surface area contributed by atoms with Crippen molar-refractivity contribution in [3.63, 3.8) is 0 Å². The van der Waals surface area contributed by atoms with E-state index in [2.05, 4.69) is 0 Å². The Morgan fingerprint density at radius 1 is 1.33 bits per heavy atom. The van der Waals surface area contributed by atoms with E-state index in [0.29, 0.717) is 25.1 Å². The van der Waals surface area contributed by atoms with Gasteiger partial charge in [-0.1, -0.05) is 6.92 Å². The maximum atomic E-state index is 13.8. The molecule has 0 bridgehead atoms. The predicted molar refractivity (Wildman–Crippen MR) is 72.1 cm³/mol. The molecule has 0 unspecified atom stereocenters. The van der Waals surface area contributed by atoms with Gasteiger partial charge in [-0.2, -0.15) is 0 Å². The van der Waals surface area contributed by atoms with E-state index in [4.69, 9.17) is 5.14 Å². The lowest BCUT2D eigenvalue weighted by Crippen LogP contribution is -2.34. The van der Waals surface area contributed by atoms with Crippen LogP contribution in [0.4, 0.5) is 8.78 Å². The fourth-order valence-corrected chi connectivity index (χ4v) is 2.76. The van der Waals surface area contributed by atoms with Crippen molar-refractivity contribution in [2.45, 2.75) is 37.1 Å². The molecular weight excluding hydrogens is 302 g/mol. The highest BCUT2D eigenvalue weighted by Gasteiger charge is 2.34. The molecule has 0 aromatic heterocycles. The number of carbonyl (C=O) groups excluding carboxylic acids is 1. The van der Waals surface area contributed by atoms with Gasteiger partial charge < -0.3 is 4.90 Å². The lowest BCUT2D eigenvalue weighted by Gasteiger charge is -2.22. The highest BCUT2D eigenvalue weighted by atomic mass is 32.2. The molecule has 1 amide bonds. The van der Waals surface area contributed by atoms with Gasteiger partial charge in [0.25, 0.3) is 5.91 Å². The number of nitrogens with two attached hydrogens (primary N) is 1. The zero-order valence-corrected chi connectivity index (χ0v) is 12.3. The summed E-state index contributed by atoms with van der Waals surface area (Å²) in [5, 5.41) is 4.87. The molecule has 0 heterocycles. The number of sulfonamides is 1. The molecule has 0 radical (unpaired) electrons. The second-order valence-electron chi connectivity index (χ2n) is 5.04. The van der Waals surface area contributed by atoms with Crippen molar-refractivity contribution in [1.29, 1.82) is 0 Å². The van der Waals surface area contributed by atoms with E-state index in [1.54, 1.807) is 0 Å². The Labute approximate surface area is 121 Å². The van der Waals surface area contributed by atoms with Crippen LogP contribution in [0.3, 0.4) is 0 Å². The highest BCUT2D eigenvalue weighted by molar-refractivity contribution is 7.89. The minimum absolute atomic E-state index is 0.0415. The predicted octanol–water partition coefficient (Wildman–Crippen LogP) is 1.63. The fraction of sp³-hybridized carbons (Fsp3) is 0.462. The lowest BCUT2D eigenvalue weighted by atomic mass is 10.1. The summed E-state index contributed by atoms with van der Waals surface area (Å²) in [5.74, 6) is -3.03. The molecule has 0 saturated heterocycles. The third-order valence-corrected chi connectivity index (χ3v) is 4.20. The van der Waals surface area contributed by atoms with Crippen molar-refractivity contribution < 1.29 is 22.0 Å². The summed E-state index contributed by atoms with van der Waals surface area (Å²) in [6.45, 7) is 2.31. The summed E-state index contributed by atoms with van der Waals surface area (Å²) in [7, 11) is -4.36. The Balaban J connectivity index is 2.45. The normalized spacial score (nSPS) is 15.0. The summed E-state index contributed by atoms with van der Waals surface area (Å²) >= 11 is 0. The second kappa shape index (κ2) is 5.69. The Kier molecular flexibility index (Phi) is 4.29. The smallest absolute Gasteiger partial charge is 0.257 e. The molecular formula is C13H16F2N2O3S. The number of rotatable bonds is 5. The third-order valence-electron chi connectivity index (χ3n) is 3.27. The van der Waals surface area contributed by atoms with Crippen LogP contribution < -0.4 is 5.14 Å². The minimum Gasteiger partial charge on any atom is -0.336 e. The number of halogens is 2. The molecule has 21 heavy (non-hydrogen) atoms. The fourth-order valence-electron chi connectivity index (χ4n) is 2.14. The monoisotopic (exact) mass is 318 g/mol. The van der Waals surface area contributed by atoms with Gasteiger partial charge in [-0.3, -0.25) is 4.79 Å². The third kappa shape index (κ3) is 3.38. The standard InChI is InChI=1S/C13H16F2N2O3S/c1-2-5-17(8-3-4-8)13(18)9-6-12(21(16,19)20)11(15)7-10(9)14/h6-8H,2-5H2,1H3,(H2,16,19,20). The average molecular weight is 318 g/mol. The van der Waals surface area contributed by atoms with E-state index >= 15 is 0 Å². The Bertz CT molecular complexity index is 672. The Hall–Kier alpha value is -1.54. The molecule has 1 aromatic carbocycles. The van der Waals surface area contributed by atoms with Crippen LogP contribution in [0.2, 0.25) is 0 Å². The summed E-state index contributed by atoms with van der Waals surface area (Å²) in [6.07, 6.45) is 2.35. The molecule has 1 aromatic rings. The molecule has 2 N–H and O–H groups in total. The quantitative estimate of drug-likeness (QED) is 0.896. The Morgan fingerprint density at radius 2 is 1.95 bits per heavy atom. The van der Waals surface area contributed by atoms with Crippen LogP contribution in [0.25, 0.3) is 0 Å². The number of amides is 1. The molecule has 1 fully saturated rings. The molecule has 1 aliphatic rings. The zero-order chi connectivity index (χ0) is 15.8. The van der Waals surface area contributed by atoms with Gasteiger partial charge in [0, 0.05) is 18.7 Å². The van der Waals surface area contributed by atoms with Gasteiger partial charge in [0.15, 0.2) is 0 Å². The van der Waals surface area contributed by atoms with Gasteiger partial charge in [0.1, 0.15) is 16.5 Å². The second-order valence-corrected chi connectivity index (χ2v) is 6.57. The van der Waals surface area contributed by atoms with E-state index in [-0.39, 0.29) is 6.04 Å². The molecule has 0 aliphatic heterocycles. The lowest BCUT2D eigenvalue weighted by molar-refractivity contribution is 0.0738. The number of hydrogen-bond donors (Lipinski definition) is 1. The molecule has 0 atom stereocenters. The summed E-state index contributed by atoms with van der Waals surface area (Å²) < 4.78 is 49.9. The van der Waals surface area contributed by atoms with Crippen LogP contribution in [-0.2, 0) is 10.0 Å². The molecule has 116 valence electrons. The van der Waals surface area contributed by atoms with E-state index in [0.717, 1.165) is 12.8 Å². The van der Waals surface area contributed by atoms with E-state index in [1.165, 1.54) is 4.90 Å². The van der Waals surface area contributed by atoms with Gasteiger partial charge in [0.05, 0.1) is 5.56 Å². The first-order valence-electron chi connectivity index (χ1n) is 6.58. The molecule has 1 aliphatic carbocycles. The number of hydrogen-bond acceptors (Lipinski definition) is 3. The largest absolute Gasteiger partial charge is 0.336 e. The minimum atomic E-state index is -4.36. The average Bonchev–Trinajstić information content (AvgIpc) is 3.17. The molecule has 5 nitrogen and oxygen atoms in total. The first-order chi connectivity index (χ1) is 9.75. The first-order valence-corrected chi connectivity index (χ1v) is 8.13. The van der Waals surface area contributed by atoms with E-state index < -0.39 is 38.0 Å². The van der Waals surface area contributed by atoms with Crippen molar-refractivity contribution in [1.82, 2.24) is 4.90 Å². The van der Waals surface area contributed by atoms with Crippen molar-refractivity contribution in [3.8, 4) is 0 Å². The number of carbonyl (C=O) groups is 1. The van der Waals surface area contributed by atoms with Gasteiger partial charge in [-0.05, 0) is 25.3 Å². The molecule has 8 heteroatoms. The van der Waals surface area contributed by atoms with Gasteiger partial charge in [-0.15, -0.1) is 0 Å². The maximum Gasteiger partial charge on any atom is 0.257 e. The van der Waals surface area contributed by atoms with E-state index in [9.17, 15) is 22.0 Å². The zero-order valence-electron chi connectivity index (χ0n) is 11.5. The van der Waals surface area contributed by atoms with Crippen molar-refractivity contribution >= 4 is 15.9 Å². The van der Waals surface area contributed by atoms with Crippen LogP contribution in [0.5, 0.6) is 0 Å². The van der Waals surface area contributed by atoms with Crippen LogP contribution in [-0.4, -0.2) is 31.8 Å². The molecule has 2 rings (SSSR count). The maximum absolute atomic E-state index is 13.8. The van der Waals surface area contributed by atoms with Gasteiger partial charge in [0.2, 0.25) is 10.0 Å². The highest BCUT2D eigenvalue weighted by Crippen LogP contribution is 2.29. The number of nitrogens with zero attached hydrogens (tertiary/aromatic N) is 1. The van der Waals surface area contributed by atoms with Gasteiger partial charge >= 0.3 is 0 Å². The molecule has 0 spiro atoms. The van der Waals surface area contributed by atoms with Gasteiger partial charge in [-0.25, -0.2) is 22.3 Å². The van der Waals surface area contributed by atoms with Crippen LogP contribution in [0.1, 0.15) is 36.5 Å². The van der Waals surface area contributed by atoms with Crippen LogP contribution in [0.15, 0.2) is 17.0 Å². The topological polar surface area (TPSA) is 80.5 Å². The molecule has 1 saturated carbocycles. The summed E-state index contributed by atoms with van der Waals surface area (Å²) in [6, 6.07) is 1.09. The van der Waals surface area contributed by atoms with E-state index in [1.807, 2.05) is 6.92 Å². The summed E-state index contributed by atoms with van der Waals surface area (Å²) in [4.78, 5) is 13.0. The van der Waals surface area contributed by atoms with Crippen LogP contribution >= 0.6 is 0 Å². The van der Waals surface area contributed by atoms with Crippen LogP contribution in [0, 0.1) is 11.6 Å². The first kappa shape index (κ1) is 15.8. The SMILES string of the molecule is CCCN(C(=O)c1cc(S(N)(=O)=O)c(F)cc1F)C1CC1. The number of benzene rings is 1.